The molecule has 0 fully saturated rings. The van der Waals surface area contributed by atoms with Gasteiger partial charge in [-0.1, -0.05) is 86.5 Å². The molecule has 24 heavy (non-hydrogen) atoms. The minimum absolute atomic E-state index is 0.490. The summed E-state index contributed by atoms with van der Waals surface area (Å²) < 4.78 is 7.72. The van der Waals surface area contributed by atoms with Crippen molar-refractivity contribution < 1.29 is 4.18 Å². The van der Waals surface area contributed by atoms with Crippen molar-refractivity contribution >= 4 is 38.4 Å². The van der Waals surface area contributed by atoms with Crippen LogP contribution in [0.3, 0.4) is 0 Å². The molecule has 0 bridgehead atoms. The van der Waals surface area contributed by atoms with E-state index in [1.807, 2.05) is 0 Å². The van der Waals surface area contributed by atoms with Crippen LogP contribution in [0.25, 0.3) is 12.2 Å². The van der Waals surface area contributed by atoms with Gasteiger partial charge in [-0.2, -0.15) is 0 Å². The number of aryl methyl sites for hydroxylation is 1. The van der Waals surface area contributed by atoms with Crippen molar-refractivity contribution in [3.05, 3.63) is 44.9 Å². The normalized spacial score (nSPS) is 14.8. The van der Waals surface area contributed by atoms with Crippen molar-refractivity contribution in [1.82, 2.24) is 0 Å². The van der Waals surface area contributed by atoms with Crippen molar-refractivity contribution in [3.63, 3.8) is 0 Å². The van der Waals surface area contributed by atoms with E-state index in [1.54, 1.807) is 0 Å². The van der Waals surface area contributed by atoms with Gasteiger partial charge in [0.25, 0.3) is 0 Å². The maximum atomic E-state index is 6.61. The molecule has 0 aliphatic rings. The topological polar surface area (TPSA) is 9.23 Å². The molecule has 0 N–H and O–H groups in total. The Kier molecular flexibility index (Phi) is 7.68. The van der Waals surface area contributed by atoms with E-state index in [9.17, 15) is 0 Å². The van der Waals surface area contributed by atoms with Gasteiger partial charge in [0.05, 0.1) is 0 Å². The summed E-state index contributed by atoms with van der Waals surface area (Å²) in [5.74, 6) is 0.765. The molecule has 0 spiro atoms. The molecule has 0 aromatic heterocycles. The Bertz CT molecular complexity index is 680. The van der Waals surface area contributed by atoms with Gasteiger partial charge in [0.15, 0.2) is 0 Å². The smallest absolute Gasteiger partial charge is 0.128 e. The standard InChI is InChI=1S/C21H33BrOS/c1-10-20-19(11-17(8)12-21(20)22)13-18(9)23-24(14(2)3,15(4)5)16(6)7/h10-16H,9H2,1-8H3/b19-13-,20-10+. The monoisotopic (exact) mass is 412 g/mol. The molecule has 1 nitrogen and oxygen atoms in total. The Labute approximate surface area is 158 Å². The minimum Gasteiger partial charge on any atom is -0.449 e. The SMILES string of the molecule is C=C(/C=c1/cc(C)cc(Br)/c1=C/C)OS(C(C)C)(C(C)C)C(C)C. The zero-order chi connectivity index (χ0) is 18.7. The van der Waals surface area contributed by atoms with Crippen molar-refractivity contribution in [2.24, 2.45) is 0 Å². The van der Waals surface area contributed by atoms with Gasteiger partial charge in [-0.05, 0) is 42.0 Å². The van der Waals surface area contributed by atoms with E-state index in [0.29, 0.717) is 15.7 Å². The molecule has 0 aliphatic carbocycles. The van der Waals surface area contributed by atoms with Crippen LogP contribution in [-0.2, 0) is 4.18 Å². The summed E-state index contributed by atoms with van der Waals surface area (Å²) in [4.78, 5) is 0. The van der Waals surface area contributed by atoms with Crippen LogP contribution in [0.1, 0.15) is 54.0 Å². The van der Waals surface area contributed by atoms with Crippen molar-refractivity contribution in [3.8, 4) is 0 Å². The lowest BCUT2D eigenvalue weighted by molar-refractivity contribution is 0.486. The highest BCUT2D eigenvalue weighted by Crippen LogP contribution is 2.62. The molecule has 1 aromatic carbocycles. The molecule has 136 valence electrons. The second kappa shape index (κ2) is 8.62. The Balaban J connectivity index is 3.39. The van der Waals surface area contributed by atoms with Crippen LogP contribution in [0.15, 0.2) is 28.9 Å². The van der Waals surface area contributed by atoms with Crippen LogP contribution in [0.5, 0.6) is 0 Å². The zero-order valence-corrected chi connectivity index (χ0v) is 18.8. The second-order valence-electron chi connectivity index (χ2n) is 7.08. The Hall–Kier alpha value is -0.670. The number of benzene rings is 1. The van der Waals surface area contributed by atoms with Crippen LogP contribution >= 0.6 is 26.2 Å². The molecule has 0 heterocycles. The minimum atomic E-state index is -1.26. The van der Waals surface area contributed by atoms with Crippen molar-refractivity contribution in [2.45, 2.75) is 71.1 Å². The first-order chi connectivity index (χ1) is 11.1. The van der Waals surface area contributed by atoms with E-state index in [4.69, 9.17) is 4.18 Å². The summed E-state index contributed by atoms with van der Waals surface area (Å²) in [6.45, 7) is 22.0. The highest BCUT2D eigenvalue weighted by molar-refractivity contribution is 9.10. The fourth-order valence-corrected chi connectivity index (χ4v) is 8.59. The fourth-order valence-electron chi connectivity index (χ4n) is 3.51. The highest BCUT2D eigenvalue weighted by Gasteiger charge is 2.37. The summed E-state index contributed by atoms with van der Waals surface area (Å²) in [5.41, 5.74) is 1.22. The Morgan fingerprint density at radius 1 is 1.08 bits per heavy atom. The number of hydrogen-bond donors (Lipinski definition) is 0. The van der Waals surface area contributed by atoms with Crippen LogP contribution in [0, 0.1) is 6.92 Å². The zero-order valence-electron chi connectivity index (χ0n) is 16.4. The largest absolute Gasteiger partial charge is 0.449 e. The molecule has 0 amide bonds. The third-order valence-corrected chi connectivity index (χ3v) is 9.95. The summed E-state index contributed by atoms with van der Waals surface area (Å²) in [7, 11) is -1.26. The molecule has 0 saturated carbocycles. The third-order valence-electron chi connectivity index (χ3n) is 4.37. The van der Waals surface area contributed by atoms with Gasteiger partial charge in [-0.15, -0.1) is 0 Å². The molecular weight excluding hydrogens is 380 g/mol. The van der Waals surface area contributed by atoms with E-state index in [0.717, 1.165) is 15.5 Å². The molecule has 0 aliphatic heterocycles. The van der Waals surface area contributed by atoms with Crippen LogP contribution < -0.4 is 10.4 Å². The predicted octanol–water partition coefficient (Wildman–Crippen LogP) is 5.81. The first kappa shape index (κ1) is 21.4. The van der Waals surface area contributed by atoms with E-state index < -0.39 is 10.3 Å². The van der Waals surface area contributed by atoms with Gasteiger partial charge in [-0.3, -0.25) is 0 Å². The van der Waals surface area contributed by atoms with Gasteiger partial charge in [0.2, 0.25) is 0 Å². The second-order valence-corrected chi connectivity index (χ2v) is 12.3. The molecular formula is C21H33BrOS. The van der Waals surface area contributed by atoms with E-state index in [-0.39, 0.29) is 0 Å². The van der Waals surface area contributed by atoms with Crippen LogP contribution in [0.2, 0.25) is 0 Å². The summed E-state index contributed by atoms with van der Waals surface area (Å²) >= 11 is 3.66. The first-order valence-electron chi connectivity index (χ1n) is 8.68. The average Bonchev–Trinajstić information content (AvgIpc) is 2.43. The quantitative estimate of drug-likeness (QED) is 0.535. The average molecular weight is 413 g/mol. The number of allylic oxidation sites excluding steroid dienone is 1. The fraction of sp³-hybridized carbons (Fsp3) is 0.524. The van der Waals surface area contributed by atoms with Gasteiger partial charge >= 0.3 is 0 Å². The van der Waals surface area contributed by atoms with Gasteiger partial charge in [0, 0.05) is 20.2 Å². The van der Waals surface area contributed by atoms with E-state index in [1.165, 1.54) is 10.8 Å². The number of halogens is 1. The molecule has 1 rings (SSSR count). The van der Waals surface area contributed by atoms with E-state index in [2.05, 4.69) is 102 Å². The Morgan fingerprint density at radius 2 is 1.58 bits per heavy atom. The summed E-state index contributed by atoms with van der Waals surface area (Å²) in [6, 6.07) is 4.33. The lowest BCUT2D eigenvalue weighted by atomic mass is 10.1. The summed E-state index contributed by atoms with van der Waals surface area (Å²) in [6.07, 6.45) is 4.21. The predicted molar refractivity (Wildman–Crippen MR) is 116 cm³/mol. The van der Waals surface area contributed by atoms with Gasteiger partial charge in [0.1, 0.15) is 5.76 Å². The van der Waals surface area contributed by atoms with Crippen LogP contribution in [-0.4, -0.2) is 15.7 Å². The first-order valence-corrected chi connectivity index (χ1v) is 11.2. The third kappa shape index (κ3) is 4.49. The molecule has 0 saturated heterocycles. The number of hydrogen-bond acceptors (Lipinski definition) is 1. The molecule has 0 atom stereocenters. The molecule has 1 aromatic rings. The van der Waals surface area contributed by atoms with Crippen molar-refractivity contribution in [1.29, 1.82) is 0 Å². The number of rotatable bonds is 6. The summed E-state index contributed by atoms with van der Waals surface area (Å²) in [5, 5.41) is 3.81. The lowest BCUT2D eigenvalue weighted by Crippen LogP contribution is -2.31. The lowest BCUT2D eigenvalue weighted by Gasteiger charge is -2.50. The highest BCUT2D eigenvalue weighted by atomic mass is 79.9. The maximum absolute atomic E-state index is 6.61. The maximum Gasteiger partial charge on any atom is 0.128 e. The molecule has 3 heteroatoms. The van der Waals surface area contributed by atoms with E-state index >= 15 is 0 Å². The van der Waals surface area contributed by atoms with Crippen molar-refractivity contribution in [2.75, 3.05) is 0 Å². The molecule has 0 radical (unpaired) electrons. The Morgan fingerprint density at radius 3 is 2.00 bits per heavy atom. The van der Waals surface area contributed by atoms with Gasteiger partial charge in [-0.25, -0.2) is 0 Å². The van der Waals surface area contributed by atoms with Gasteiger partial charge < -0.3 is 4.18 Å². The molecule has 0 unspecified atom stereocenters. The van der Waals surface area contributed by atoms with Crippen LogP contribution in [0.4, 0.5) is 0 Å².